The average Bonchev–Trinajstić information content (AvgIpc) is 2.85. The second kappa shape index (κ2) is 10.2. The average molecular weight is 506 g/mol. The minimum Gasteiger partial charge on any atom is -0.352 e. The van der Waals surface area contributed by atoms with E-state index < -0.39 is 15.8 Å². The van der Waals surface area contributed by atoms with Crippen molar-refractivity contribution < 1.29 is 17.6 Å². The van der Waals surface area contributed by atoms with Crippen LogP contribution in [0.1, 0.15) is 37.7 Å². The summed E-state index contributed by atoms with van der Waals surface area (Å²) >= 11 is 5.70. The van der Waals surface area contributed by atoms with Crippen molar-refractivity contribution in [1.29, 1.82) is 5.26 Å². The van der Waals surface area contributed by atoms with Crippen molar-refractivity contribution in [3.05, 3.63) is 46.9 Å². The van der Waals surface area contributed by atoms with E-state index in [4.69, 9.17) is 11.6 Å². The van der Waals surface area contributed by atoms with E-state index in [1.165, 1.54) is 18.7 Å². The van der Waals surface area contributed by atoms with Crippen LogP contribution >= 0.6 is 11.6 Å². The van der Waals surface area contributed by atoms with E-state index in [9.17, 15) is 22.9 Å². The number of hydrogen-bond acceptors (Lipinski definition) is 6. The molecule has 1 N–H and O–H groups in total. The molecular weight excluding hydrogens is 481 g/mol. The zero-order valence-electron chi connectivity index (χ0n) is 18.5. The molecule has 2 fully saturated rings. The van der Waals surface area contributed by atoms with Crippen molar-refractivity contribution >= 4 is 39.0 Å². The van der Waals surface area contributed by atoms with Crippen LogP contribution in [0.4, 0.5) is 15.9 Å². The van der Waals surface area contributed by atoms with Gasteiger partial charge in [0.25, 0.3) is 10.0 Å². The predicted octanol–water partition coefficient (Wildman–Crippen LogP) is 3.78. The Balaban J connectivity index is 1.44. The van der Waals surface area contributed by atoms with E-state index in [0.29, 0.717) is 32.0 Å². The molecule has 2 aromatic rings. The molecule has 1 aliphatic heterocycles. The Labute approximate surface area is 203 Å². The zero-order chi connectivity index (χ0) is 24.3. The first-order valence-corrected chi connectivity index (χ1v) is 13.1. The number of amides is 1. The molecular formula is C23H25ClFN5O3S. The summed E-state index contributed by atoms with van der Waals surface area (Å²) in [6.07, 6.45) is 6.66. The van der Waals surface area contributed by atoms with E-state index in [1.807, 2.05) is 9.80 Å². The Morgan fingerprint density at radius 3 is 2.50 bits per heavy atom. The third-order valence-corrected chi connectivity index (χ3v) is 7.95. The minimum atomic E-state index is -4.05. The number of halogens is 2. The van der Waals surface area contributed by atoms with Gasteiger partial charge in [-0.2, -0.15) is 5.26 Å². The minimum absolute atomic E-state index is 0.104. The van der Waals surface area contributed by atoms with Gasteiger partial charge in [0.15, 0.2) is 0 Å². The van der Waals surface area contributed by atoms with Gasteiger partial charge in [-0.15, -0.1) is 0 Å². The van der Waals surface area contributed by atoms with Crippen LogP contribution in [0.3, 0.4) is 0 Å². The summed E-state index contributed by atoms with van der Waals surface area (Å²) in [5.74, 6) is 0.0637. The first kappa shape index (κ1) is 24.2. The molecule has 1 amide bonds. The molecule has 0 atom stereocenters. The summed E-state index contributed by atoms with van der Waals surface area (Å²) < 4.78 is 41.0. The highest BCUT2D eigenvalue weighted by Crippen LogP contribution is 2.28. The van der Waals surface area contributed by atoms with Gasteiger partial charge in [-0.3, -0.25) is 9.52 Å². The number of pyridine rings is 1. The van der Waals surface area contributed by atoms with Crippen LogP contribution in [0.15, 0.2) is 35.4 Å². The van der Waals surface area contributed by atoms with Crippen LogP contribution < -0.4 is 9.62 Å². The van der Waals surface area contributed by atoms with Crippen LogP contribution in [0.2, 0.25) is 5.02 Å². The fourth-order valence-electron chi connectivity index (χ4n) is 4.45. The lowest BCUT2D eigenvalue weighted by atomic mass is 9.88. The highest BCUT2D eigenvalue weighted by molar-refractivity contribution is 7.92. The number of carbonyl (C=O) groups excluding carboxylic acids is 1. The Morgan fingerprint density at radius 2 is 1.85 bits per heavy atom. The molecule has 1 aromatic carbocycles. The maximum absolute atomic E-state index is 13.4. The van der Waals surface area contributed by atoms with Crippen molar-refractivity contribution in [2.75, 3.05) is 35.8 Å². The van der Waals surface area contributed by atoms with E-state index in [0.717, 1.165) is 43.9 Å². The molecule has 1 saturated carbocycles. The van der Waals surface area contributed by atoms with E-state index in [-0.39, 0.29) is 33.0 Å². The molecule has 0 bridgehead atoms. The summed E-state index contributed by atoms with van der Waals surface area (Å²) in [5.41, 5.74) is 0.316. The normalized spacial score (nSPS) is 17.3. The van der Waals surface area contributed by atoms with E-state index in [2.05, 4.69) is 15.8 Å². The number of benzene rings is 1. The van der Waals surface area contributed by atoms with Gasteiger partial charge in [0.05, 0.1) is 27.4 Å². The highest BCUT2D eigenvalue weighted by atomic mass is 35.5. The lowest BCUT2D eigenvalue weighted by Gasteiger charge is -2.37. The van der Waals surface area contributed by atoms with Gasteiger partial charge in [-0.1, -0.05) is 30.9 Å². The maximum atomic E-state index is 13.4. The molecule has 1 aromatic heterocycles. The molecule has 8 nitrogen and oxygen atoms in total. The van der Waals surface area contributed by atoms with Gasteiger partial charge in [0.1, 0.15) is 17.7 Å². The van der Waals surface area contributed by atoms with Crippen molar-refractivity contribution in [3.8, 4) is 6.07 Å². The molecule has 2 heterocycles. The van der Waals surface area contributed by atoms with Crippen LogP contribution in [0.25, 0.3) is 0 Å². The Morgan fingerprint density at radius 1 is 1.15 bits per heavy atom. The standard InChI is InChI=1S/C23H25ClFN5O3S/c24-20-13-19(6-7-21(20)25)34(32,33)28-18-12-17(14-26)22(27-15-18)29-8-10-30(11-9-29)23(31)16-4-2-1-3-5-16/h6-7,12-13,15-16,28H,1-5,8-11H2. The molecule has 1 saturated heterocycles. The van der Waals surface area contributed by atoms with Crippen LogP contribution in [-0.4, -0.2) is 50.4 Å². The summed E-state index contributed by atoms with van der Waals surface area (Å²) in [6.45, 7) is 2.20. The summed E-state index contributed by atoms with van der Waals surface area (Å²) in [5, 5.41) is 9.34. The molecule has 0 unspecified atom stereocenters. The molecule has 0 radical (unpaired) electrons. The molecule has 34 heavy (non-hydrogen) atoms. The first-order chi connectivity index (χ1) is 16.3. The first-order valence-electron chi connectivity index (χ1n) is 11.2. The monoisotopic (exact) mass is 505 g/mol. The Hall–Kier alpha value is -2.90. The number of sulfonamides is 1. The van der Waals surface area contributed by atoms with Gasteiger partial charge < -0.3 is 9.80 Å². The number of nitrogens with zero attached hydrogens (tertiary/aromatic N) is 4. The molecule has 4 rings (SSSR count). The summed E-state index contributed by atoms with van der Waals surface area (Å²) in [6, 6.07) is 6.56. The van der Waals surface area contributed by atoms with E-state index >= 15 is 0 Å². The third kappa shape index (κ3) is 5.26. The van der Waals surface area contributed by atoms with Crippen LogP contribution in [-0.2, 0) is 14.8 Å². The number of nitrogens with one attached hydrogen (secondary N) is 1. The zero-order valence-corrected chi connectivity index (χ0v) is 20.1. The summed E-state index contributed by atoms with van der Waals surface area (Å²) in [4.78, 5) is 20.7. The van der Waals surface area contributed by atoms with Crippen molar-refractivity contribution in [2.45, 2.75) is 37.0 Å². The van der Waals surface area contributed by atoms with Gasteiger partial charge in [-0.05, 0) is 37.1 Å². The second-order valence-electron chi connectivity index (χ2n) is 8.54. The third-order valence-electron chi connectivity index (χ3n) is 6.29. The quantitative estimate of drug-likeness (QED) is 0.662. The van der Waals surface area contributed by atoms with Crippen molar-refractivity contribution in [2.24, 2.45) is 5.92 Å². The van der Waals surface area contributed by atoms with Gasteiger partial charge >= 0.3 is 0 Å². The lowest BCUT2D eigenvalue weighted by Crippen LogP contribution is -2.51. The van der Waals surface area contributed by atoms with Crippen molar-refractivity contribution in [3.63, 3.8) is 0 Å². The molecule has 0 spiro atoms. The Bertz CT molecular complexity index is 1220. The van der Waals surface area contributed by atoms with E-state index in [1.54, 1.807) is 0 Å². The molecule has 2 aliphatic rings. The highest BCUT2D eigenvalue weighted by Gasteiger charge is 2.29. The van der Waals surface area contributed by atoms with Crippen LogP contribution in [0.5, 0.6) is 0 Å². The number of carbonyl (C=O) groups is 1. The fourth-order valence-corrected chi connectivity index (χ4v) is 5.76. The number of nitriles is 1. The molecule has 11 heteroatoms. The van der Waals surface area contributed by atoms with Crippen LogP contribution in [0, 0.1) is 23.1 Å². The Kier molecular flexibility index (Phi) is 7.24. The van der Waals surface area contributed by atoms with Gasteiger partial charge in [0, 0.05) is 32.1 Å². The van der Waals surface area contributed by atoms with Gasteiger partial charge in [0.2, 0.25) is 5.91 Å². The summed E-state index contributed by atoms with van der Waals surface area (Å²) in [7, 11) is -4.05. The number of piperazine rings is 1. The topological polar surface area (TPSA) is 106 Å². The van der Waals surface area contributed by atoms with Crippen molar-refractivity contribution in [1.82, 2.24) is 9.88 Å². The number of anilines is 2. The second-order valence-corrected chi connectivity index (χ2v) is 10.6. The number of rotatable bonds is 5. The SMILES string of the molecule is N#Cc1cc(NS(=O)(=O)c2ccc(F)c(Cl)c2)cnc1N1CCN(C(=O)C2CCCCC2)CC1. The predicted molar refractivity (Wildman–Crippen MR) is 127 cm³/mol. The smallest absolute Gasteiger partial charge is 0.261 e. The fraction of sp³-hybridized carbons (Fsp3) is 0.435. The number of hydrogen-bond donors (Lipinski definition) is 1. The van der Waals surface area contributed by atoms with Gasteiger partial charge in [-0.25, -0.2) is 17.8 Å². The molecule has 180 valence electrons. The maximum Gasteiger partial charge on any atom is 0.261 e. The number of aromatic nitrogens is 1. The lowest BCUT2D eigenvalue weighted by molar-refractivity contribution is -0.136. The largest absolute Gasteiger partial charge is 0.352 e. The molecule has 1 aliphatic carbocycles.